The summed E-state index contributed by atoms with van der Waals surface area (Å²) < 4.78 is 0. The van der Waals surface area contributed by atoms with E-state index >= 15 is 0 Å². The zero-order chi connectivity index (χ0) is 20.5. The Balaban J connectivity index is 0.00000320. The van der Waals surface area contributed by atoms with E-state index in [0.717, 1.165) is 44.7 Å². The minimum atomic E-state index is 0. The molecule has 1 aliphatic heterocycles. The summed E-state index contributed by atoms with van der Waals surface area (Å²) in [7, 11) is 1.79. The Morgan fingerprint density at radius 2 is 1.83 bits per heavy atom. The van der Waals surface area contributed by atoms with Crippen LogP contribution < -0.4 is 16.0 Å². The fraction of sp³-hybridized carbons (Fsp3) is 0.652. The van der Waals surface area contributed by atoms with Crippen LogP contribution in [-0.2, 0) is 11.3 Å². The number of hydrogen-bond acceptors (Lipinski definition) is 3. The van der Waals surface area contributed by atoms with Gasteiger partial charge >= 0.3 is 0 Å². The molecule has 0 bridgehead atoms. The molecule has 2 aliphatic rings. The van der Waals surface area contributed by atoms with Crippen molar-refractivity contribution < 1.29 is 4.79 Å². The van der Waals surface area contributed by atoms with E-state index in [9.17, 15) is 4.79 Å². The van der Waals surface area contributed by atoms with Gasteiger partial charge in [0.2, 0.25) is 5.91 Å². The molecule has 1 amide bonds. The van der Waals surface area contributed by atoms with Gasteiger partial charge in [0.1, 0.15) is 0 Å². The minimum absolute atomic E-state index is 0. The van der Waals surface area contributed by atoms with Gasteiger partial charge in [0, 0.05) is 51.2 Å². The Labute approximate surface area is 198 Å². The average Bonchev–Trinajstić information content (AvgIpc) is 3.23. The number of nitrogens with one attached hydrogen (secondary N) is 3. The third-order valence-corrected chi connectivity index (χ3v) is 6.17. The third-order valence-electron chi connectivity index (χ3n) is 6.17. The number of guanidine groups is 1. The Morgan fingerprint density at radius 1 is 1.10 bits per heavy atom. The van der Waals surface area contributed by atoms with Gasteiger partial charge in [-0.15, -0.1) is 24.0 Å². The van der Waals surface area contributed by atoms with Gasteiger partial charge in [-0.05, 0) is 38.2 Å². The van der Waals surface area contributed by atoms with Gasteiger partial charge in [0.05, 0.1) is 0 Å². The van der Waals surface area contributed by atoms with Crippen LogP contribution in [0.5, 0.6) is 0 Å². The first-order valence-electron chi connectivity index (χ1n) is 11.2. The zero-order valence-corrected chi connectivity index (χ0v) is 20.7. The molecule has 0 spiro atoms. The fourth-order valence-corrected chi connectivity index (χ4v) is 4.46. The first-order chi connectivity index (χ1) is 14.1. The zero-order valence-electron chi connectivity index (χ0n) is 18.4. The number of aliphatic imine (C=N–C) groups is 1. The number of likely N-dealkylation sites (tertiary alicyclic amines) is 1. The molecule has 30 heavy (non-hydrogen) atoms. The van der Waals surface area contributed by atoms with Crippen LogP contribution in [0.25, 0.3) is 0 Å². The molecule has 2 fully saturated rings. The number of hydrogen-bond donors (Lipinski definition) is 3. The van der Waals surface area contributed by atoms with Crippen molar-refractivity contribution in [2.24, 2.45) is 4.99 Å². The first kappa shape index (κ1) is 24.9. The maximum Gasteiger partial charge on any atom is 0.221 e. The average molecular weight is 527 g/mol. The Bertz CT molecular complexity index is 663. The van der Waals surface area contributed by atoms with Crippen LogP contribution in [0.15, 0.2) is 35.3 Å². The summed E-state index contributed by atoms with van der Waals surface area (Å²) in [4.78, 5) is 19.0. The van der Waals surface area contributed by atoms with Crippen molar-refractivity contribution >= 4 is 35.8 Å². The number of halogens is 1. The summed E-state index contributed by atoms with van der Waals surface area (Å²) in [5.41, 5.74) is 1.37. The summed E-state index contributed by atoms with van der Waals surface area (Å²) in [6, 6.07) is 12.0. The summed E-state index contributed by atoms with van der Waals surface area (Å²) in [6.45, 7) is 5.01. The Kier molecular flexibility index (Phi) is 10.9. The predicted molar refractivity (Wildman–Crippen MR) is 134 cm³/mol. The topological polar surface area (TPSA) is 68.8 Å². The molecule has 1 aromatic rings. The molecule has 0 aromatic heterocycles. The van der Waals surface area contributed by atoms with E-state index in [0.29, 0.717) is 31.1 Å². The lowest BCUT2D eigenvalue weighted by Crippen LogP contribution is -2.51. The van der Waals surface area contributed by atoms with Gasteiger partial charge in [-0.1, -0.05) is 43.2 Å². The van der Waals surface area contributed by atoms with Crippen LogP contribution >= 0.6 is 24.0 Å². The molecular weight excluding hydrogens is 489 g/mol. The van der Waals surface area contributed by atoms with Crippen molar-refractivity contribution in [2.45, 2.75) is 76.5 Å². The number of benzene rings is 1. The molecule has 7 heteroatoms. The normalized spacial score (nSPS) is 22.9. The smallest absolute Gasteiger partial charge is 0.221 e. The van der Waals surface area contributed by atoms with Crippen molar-refractivity contribution in [1.82, 2.24) is 20.9 Å². The Morgan fingerprint density at radius 3 is 2.50 bits per heavy atom. The lowest BCUT2D eigenvalue weighted by Gasteiger charge is -2.38. The summed E-state index contributed by atoms with van der Waals surface area (Å²) in [5.74, 6) is 0.940. The number of amides is 1. The molecule has 1 saturated heterocycles. The summed E-state index contributed by atoms with van der Waals surface area (Å²) >= 11 is 0. The molecule has 3 N–H and O–H groups in total. The second-order valence-corrected chi connectivity index (χ2v) is 8.47. The highest BCUT2D eigenvalue weighted by molar-refractivity contribution is 14.0. The number of carbonyl (C=O) groups is 1. The minimum Gasteiger partial charge on any atom is -0.356 e. The molecule has 168 valence electrons. The molecule has 2 unspecified atom stereocenters. The van der Waals surface area contributed by atoms with Gasteiger partial charge in [-0.2, -0.15) is 0 Å². The van der Waals surface area contributed by atoms with Crippen molar-refractivity contribution in [1.29, 1.82) is 0 Å². The lowest BCUT2D eigenvalue weighted by atomic mass is 9.97. The molecule has 1 aromatic carbocycles. The second-order valence-electron chi connectivity index (χ2n) is 8.47. The molecule has 6 nitrogen and oxygen atoms in total. The van der Waals surface area contributed by atoms with Crippen LogP contribution in [0.1, 0.15) is 57.4 Å². The van der Waals surface area contributed by atoms with E-state index in [1.54, 1.807) is 7.05 Å². The van der Waals surface area contributed by atoms with Crippen LogP contribution in [-0.4, -0.2) is 55.0 Å². The Hall–Kier alpha value is -1.35. The maximum atomic E-state index is 12.1. The molecular formula is C23H38IN5O. The van der Waals surface area contributed by atoms with Gasteiger partial charge < -0.3 is 16.0 Å². The van der Waals surface area contributed by atoms with Gasteiger partial charge in [0.15, 0.2) is 5.96 Å². The third kappa shape index (κ3) is 8.06. The molecule has 0 radical (unpaired) electrons. The van der Waals surface area contributed by atoms with Crippen LogP contribution in [0.4, 0.5) is 0 Å². The SMILES string of the molecule is CN=C(NCCC(=O)NC1CCCC1)NC1CCN(Cc2ccccc2)C(C)C1.I. The standard InChI is InChI=1S/C23H37N5O.HI/c1-18-16-21(13-15-28(18)17-19-8-4-3-5-9-19)27-23(24-2)25-14-12-22(29)26-20-10-6-7-11-20;/h3-5,8-9,18,20-21H,6-7,10-17H2,1-2H3,(H,26,29)(H2,24,25,27);1H. The lowest BCUT2D eigenvalue weighted by molar-refractivity contribution is -0.121. The fourth-order valence-electron chi connectivity index (χ4n) is 4.46. The van der Waals surface area contributed by atoms with Crippen molar-refractivity contribution in [3.05, 3.63) is 35.9 Å². The van der Waals surface area contributed by atoms with Gasteiger partial charge in [-0.3, -0.25) is 14.7 Å². The van der Waals surface area contributed by atoms with Gasteiger partial charge in [-0.25, -0.2) is 0 Å². The second kappa shape index (κ2) is 13.1. The highest BCUT2D eigenvalue weighted by Crippen LogP contribution is 2.20. The van der Waals surface area contributed by atoms with Crippen LogP contribution in [0.2, 0.25) is 0 Å². The van der Waals surface area contributed by atoms with Crippen molar-refractivity contribution in [3.63, 3.8) is 0 Å². The summed E-state index contributed by atoms with van der Waals surface area (Å²) in [6.07, 6.45) is 7.41. The van der Waals surface area contributed by atoms with E-state index in [1.807, 2.05) is 0 Å². The van der Waals surface area contributed by atoms with E-state index in [2.05, 4.69) is 63.1 Å². The maximum absolute atomic E-state index is 12.1. The quantitative estimate of drug-likeness (QED) is 0.289. The highest BCUT2D eigenvalue weighted by Gasteiger charge is 2.26. The van der Waals surface area contributed by atoms with Crippen LogP contribution in [0, 0.1) is 0 Å². The number of rotatable bonds is 7. The van der Waals surface area contributed by atoms with Gasteiger partial charge in [0.25, 0.3) is 0 Å². The predicted octanol–water partition coefficient (Wildman–Crippen LogP) is 3.27. The highest BCUT2D eigenvalue weighted by atomic mass is 127. The van der Waals surface area contributed by atoms with Crippen molar-refractivity contribution in [2.75, 3.05) is 20.1 Å². The van der Waals surface area contributed by atoms with Crippen molar-refractivity contribution in [3.8, 4) is 0 Å². The molecule has 3 rings (SSSR count). The number of nitrogens with zero attached hydrogens (tertiary/aromatic N) is 2. The largest absolute Gasteiger partial charge is 0.356 e. The van der Waals surface area contributed by atoms with E-state index < -0.39 is 0 Å². The first-order valence-corrected chi connectivity index (χ1v) is 11.2. The molecule has 1 aliphatic carbocycles. The van der Waals surface area contributed by atoms with E-state index in [-0.39, 0.29) is 29.9 Å². The number of piperidine rings is 1. The molecule has 1 saturated carbocycles. The monoisotopic (exact) mass is 527 g/mol. The van der Waals surface area contributed by atoms with E-state index in [4.69, 9.17) is 0 Å². The molecule has 2 atom stereocenters. The number of carbonyl (C=O) groups excluding carboxylic acids is 1. The van der Waals surface area contributed by atoms with E-state index in [1.165, 1.54) is 18.4 Å². The summed E-state index contributed by atoms with van der Waals surface area (Å²) in [5, 5.41) is 9.99. The van der Waals surface area contributed by atoms with Crippen LogP contribution in [0.3, 0.4) is 0 Å². The molecule has 1 heterocycles.